The fourth-order valence-corrected chi connectivity index (χ4v) is 2.80. The molecule has 0 aliphatic heterocycles. The molecular formula is C9H9NO3S. The molecule has 0 saturated heterocycles. The minimum Gasteiger partial charge on any atom is -0.297 e. The number of carbonyl (C=O) groups is 1. The standard InChI is InChI=1S/C9H9NO3S/c10-14(12,13)9-7-4-2-1-3-6(7)5-8(9)11/h1-4,9H,5H2,(H2,10,12,13). The Bertz CT molecular complexity index is 493. The molecular weight excluding hydrogens is 202 g/mol. The van der Waals surface area contributed by atoms with Gasteiger partial charge in [-0.2, -0.15) is 0 Å². The zero-order valence-corrected chi connectivity index (χ0v) is 8.12. The lowest BCUT2D eigenvalue weighted by molar-refractivity contribution is -0.117. The predicted octanol–water partition coefficient (Wildman–Crippen LogP) is 0.141. The monoisotopic (exact) mass is 211 g/mol. The van der Waals surface area contributed by atoms with Crippen molar-refractivity contribution in [1.82, 2.24) is 0 Å². The Kier molecular flexibility index (Phi) is 1.94. The molecule has 1 aromatic carbocycles. The third-order valence-corrected chi connectivity index (χ3v) is 3.50. The van der Waals surface area contributed by atoms with E-state index in [4.69, 9.17) is 5.14 Å². The molecule has 0 bridgehead atoms. The summed E-state index contributed by atoms with van der Waals surface area (Å²) >= 11 is 0. The number of sulfonamides is 1. The molecule has 2 rings (SSSR count). The summed E-state index contributed by atoms with van der Waals surface area (Å²) in [5, 5.41) is 3.84. The van der Waals surface area contributed by atoms with Crippen molar-refractivity contribution >= 4 is 15.8 Å². The van der Waals surface area contributed by atoms with Crippen molar-refractivity contribution in [1.29, 1.82) is 0 Å². The van der Waals surface area contributed by atoms with Crippen LogP contribution >= 0.6 is 0 Å². The molecule has 5 heteroatoms. The molecule has 0 aromatic heterocycles. The summed E-state index contributed by atoms with van der Waals surface area (Å²) < 4.78 is 22.3. The molecule has 1 unspecified atom stereocenters. The van der Waals surface area contributed by atoms with Crippen molar-refractivity contribution < 1.29 is 13.2 Å². The Morgan fingerprint density at radius 2 is 1.93 bits per heavy atom. The Labute approximate surface area is 81.8 Å². The van der Waals surface area contributed by atoms with Crippen LogP contribution in [0.2, 0.25) is 0 Å². The van der Waals surface area contributed by atoms with Gasteiger partial charge >= 0.3 is 0 Å². The van der Waals surface area contributed by atoms with Crippen LogP contribution in [-0.4, -0.2) is 14.2 Å². The molecule has 1 atom stereocenters. The number of hydrogen-bond donors (Lipinski definition) is 1. The van der Waals surface area contributed by atoms with Gasteiger partial charge in [0.15, 0.2) is 11.0 Å². The number of nitrogens with two attached hydrogens (primary N) is 1. The SMILES string of the molecule is NS(=O)(=O)C1C(=O)Cc2ccccc21. The van der Waals surface area contributed by atoms with E-state index in [1.54, 1.807) is 24.3 Å². The normalized spacial score (nSPS) is 20.9. The third kappa shape index (κ3) is 1.34. The second-order valence-electron chi connectivity index (χ2n) is 3.31. The van der Waals surface area contributed by atoms with Crippen molar-refractivity contribution in [3.8, 4) is 0 Å². The second kappa shape index (κ2) is 2.90. The van der Waals surface area contributed by atoms with Gasteiger partial charge in [-0.3, -0.25) is 4.79 Å². The number of Topliss-reactive ketones (excluding diaryl/α,β-unsaturated/α-hetero) is 1. The maximum Gasteiger partial charge on any atom is 0.223 e. The lowest BCUT2D eigenvalue weighted by Crippen LogP contribution is -2.25. The lowest BCUT2D eigenvalue weighted by atomic mass is 10.1. The van der Waals surface area contributed by atoms with Gasteiger partial charge in [-0.1, -0.05) is 24.3 Å². The number of carbonyl (C=O) groups excluding carboxylic acids is 1. The molecule has 0 spiro atoms. The molecule has 2 N–H and O–H groups in total. The first kappa shape index (κ1) is 9.36. The molecule has 0 heterocycles. The Morgan fingerprint density at radius 1 is 1.29 bits per heavy atom. The van der Waals surface area contributed by atoms with Gasteiger partial charge in [-0.15, -0.1) is 0 Å². The van der Waals surface area contributed by atoms with Crippen LogP contribution in [0.1, 0.15) is 16.4 Å². The molecule has 1 aliphatic carbocycles. The number of primary sulfonamides is 1. The highest BCUT2D eigenvalue weighted by atomic mass is 32.2. The van der Waals surface area contributed by atoms with E-state index in [1.165, 1.54) is 0 Å². The van der Waals surface area contributed by atoms with Gasteiger partial charge in [-0.05, 0) is 11.1 Å². The quantitative estimate of drug-likeness (QED) is 0.717. The molecule has 0 amide bonds. The van der Waals surface area contributed by atoms with Gasteiger partial charge < -0.3 is 0 Å². The maximum atomic E-state index is 11.4. The molecule has 0 radical (unpaired) electrons. The Hall–Kier alpha value is -1.20. The zero-order chi connectivity index (χ0) is 10.3. The summed E-state index contributed by atoms with van der Waals surface area (Å²) in [7, 11) is -3.81. The van der Waals surface area contributed by atoms with Crippen molar-refractivity contribution in [2.45, 2.75) is 11.7 Å². The third-order valence-electron chi connectivity index (χ3n) is 2.32. The largest absolute Gasteiger partial charge is 0.297 e. The number of rotatable bonds is 1. The van der Waals surface area contributed by atoms with E-state index < -0.39 is 15.3 Å². The van der Waals surface area contributed by atoms with Gasteiger partial charge in [0.05, 0.1) is 0 Å². The zero-order valence-electron chi connectivity index (χ0n) is 7.30. The maximum absolute atomic E-state index is 11.4. The first-order valence-corrected chi connectivity index (χ1v) is 5.73. The van der Waals surface area contributed by atoms with Crippen LogP contribution in [-0.2, 0) is 21.2 Å². The number of benzene rings is 1. The summed E-state index contributed by atoms with van der Waals surface area (Å²) in [5.74, 6) is -0.339. The molecule has 74 valence electrons. The van der Waals surface area contributed by atoms with Crippen LogP contribution in [0.25, 0.3) is 0 Å². The minimum absolute atomic E-state index is 0.164. The van der Waals surface area contributed by atoms with E-state index in [1.807, 2.05) is 0 Å². The van der Waals surface area contributed by atoms with Crippen LogP contribution < -0.4 is 5.14 Å². The van der Waals surface area contributed by atoms with Gasteiger partial charge in [0, 0.05) is 6.42 Å². The number of fused-ring (bicyclic) bond motifs is 1. The van der Waals surface area contributed by atoms with E-state index in [-0.39, 0.29) is 12.2 Å². The fourth-order valence-electron chi connectivity index (χ4n) is 1.76. The van der Waals surface area contributed by atoms with E-state index in [0.717, 1.165) is 5.56 Å². The Balaban J connectivity index is 2.61. The van der Waals surface area contributed by atoms with Crippen molar-refractivity contribution in [2.75, 3.05) is 0 Å². The highest BCUT2D eigenvalue weighted by Crippen LogP contribution is 2.32. The summed E-state index contributed by atoms with van der Waals surface area (Å²) in [6.45, 7) is 0. The van der Waals surface area contributed by atoms with Crippen LogP contribution in [0.15, 0.2) is 24.3 Å². The highest BCUT2D eigenvalue weighted by molar-refractivity contribution is 7.90. The topological polar surface area (TPSA) is 77.2 Å². The summed E-state index contributed by atoms with van der Waals surface area (Å²) in [6, 6.07) is 6.86. The first-order chi connectivity index (χ1) is 6.50. The van der Waals surface area contributed by atoms with Crippen molar-refractivity contribution in [3.05, 3.63) is 35.4 Å². The van der Waals surface area contributed by atoms with Crippen LogP contribution in [0.3, 0.4) is 0 Å². The van der Waals surface area contributed by atoms with Crippen LogP contribution in [0.5, 0.6) is 0 Å². The Morgan fingerprint density at radius 3 is 2.57 bits per heavy atom. The number of hydrogen-bond acceptors (Lipinski definition) is 3. The second-order valence-corrected chi connectivity index (χ2v) is 4.96. The van der Waals surface area contributed by atoms with E-state index in [9.17, 15) is 13.2 Å². The predicted molar refractivity (Wildman–Crippen MR) is 51.0 cm³/mol. The smallest absolute Gasteiger partial charge is 0.223 e. The van der Waals surface area contributed by atoms with Gasteiger partial charge in [0.25, 0.3) is 0 Å². The van der Waals surface area contributed by atoms with Crippen molar-refractivity contribution in [2.24, 2.45) is 5.14 Å². The van der Waals surface area contributed by atoms with Gasteiger partial charge in [0.2, 0.25) is 10.0 Å². The van der Waals surface area contributed by atoms with Crippen LogP contribution in [0.4, 0.5) is 0 Å². The minimum atomic E-state index is -3.81. The lowest BCUT2D eigenvalue weighted by Gasteiger charge is -2.06. The number of ketones is 1. The molecule has 1 aliphatic rings. The van der Waals surface area contributed by atoms with Gasteiger partial charge in [0.1, 0.15) is 0 Å². The molecule has 4 nitrogen and oxygen atoms in total. The highest BCUT2D eigenvalue weighted by Gasteiger charge is 2.38. The summed E-state index contributed by atoms with van der Waals surface area (Å²) in [5.41, 5.74) is 1.29. The van der Waals surface area contributed by atoms with E-state index in [0.29, 0.717) is 5.56 Å². The van der Waals surface area contributed by atoms with Gasteiger partial charge in [-0.25, -0.2) is 13.6 Å². The average molecular weight is 211 g/mol. The molecule has 1 aromatic rings. The summed E-state index contributed by atoms with van der Waals surface area (Å²) in [4.78, 5) is 11.4. The van der Waals surface area contributed by atoms with E-state index >= 15 is 0 Å². The molecule has 14 heavy (non-hydrogen) atoms. The van der Waals surface area contributed by atoms with Crippen LogP contribution in [0, 0.1) is 0 Å². The average Bonchev–Trinajstić information content (AvgIpc) is 2.38. The fraction of sp³-hybridized carbons (Fsp3) is 0.222. The first-order valence-electron chi connectivity index (χ1n) is 4.12. The molecule has 0 saturated carbocycles. The van der Waals surface area contributed by atoms with E-state index in [2.05, 4.69) is 0 Å². The molecule has 0 fully saturated rings. The van der Waals surface area contributed by atoms with Crippen molar-refractivity contribution in [3.63, 3.8) is 0 Å². The summed E-state index contributed by atoms with van der Waals surface area (Å²) in [6.07, 6.45) is 0.164.